The second-order valence-corrected chi connectivity index (χ2v) is 6.56. The lowest BCUT2D eigenvalue weighted by Crippen LogP contribution is -2.29. The van der Waals surface area contributed by atoms with Gasteiger partial charge in [-0.2, -0.15) is 0 Å². The van der Waals surface area contributed by atoms with Crippen molar-refractivity contribution in [1.29, 1.82) is 0 Å². The van der Waals surface area contributed by atoms with E-state index in [1.54, 1.807) is 0 Å². The van der Waals surface area contributed by atoms with Crippen LogP contribution in [0.3, 0.4) is 0 Å². The van der Waals surface area contributed by atoms with Crippen molar-refractivity contribution >= 4 is 17.3 Å². The first kappa shape index (κ1) is 13.0. The van der Waals surface area contributed by atoms with E-state index in [0.717, 1.165) is 11.4 Å². The topological polar surface area (TPSA) is 12.0 Å². The second kappa shape index (κ2) is 4.92. The molecular formula is C19H18ClN. The fourth-order valence-corrected chi connectivity index (χ4v) is 3.94. The van der Waals surface area contributed by atoms with Crippen LogP contribution in [0.4, 0.5) is 5.69 Å². The third-order valence-electron chi connectivity index (χ3n) is 4.73. The zero-order chi connectivity index (χ0) is 14.4. The van der Waals surface area contributed by atoms with E-state index in [2.05, 4.69) is 54.7 Å². The minimum absolute atomic E-state index is 0.332. The Morgan fingerprint density at radius 2 is 2.05 bits per heavy atom. The normalized spacial score (nSPS) is 26.1. The van der Waals surface area contributed by atoms with Crippen LogP contribution in [0.2, 0.25) is 5.02 Å². The van der Waals surface area contributed by atoms with Gasteiger partial charge in [0.15, 0.2) is 0 Å². The Balaban J connectivity index is 1.80. The second-order valence-electron chi connectivity index (χ2n) is 6.12. The lowest BCUT2D eigenvalue weighted by molar-refractivity contribution is 0.425. The summed E-state index contributed by atoms with van der Waals surface area (Å²) in [5.41, 5.74) is 5.31. The number of allylic oxidation sites excluding steroid dienone is 2. The number of hydrogen-bond acceptors (Lipinski definition) is 1. The van der Waals surface area contributed by atoms with Gasteiger partial charge in [0.2, 0.25) is 0 Å². The lowest BCUT2D eigenvalue weighted by atomic mass is 9.77. The van der Waals surface area contributed by atoms with Crippen molar-refractivity contribution in [3.8, 4) is 0 Å². The van der Waals surface area contributed by atoms with Crippen LogP contribution in [-0.2, 0) is 0 Å². The van der Waals surface area contributed by atoms with Crippen LogP contribution < -0.4 is 5.32 Å². The first-order valence-electron chi connectivity index (χ1n) is 7.51. The molecule has 106 valence electrons. The molecule has 2 heteroatoms. The maximum atomic E-state index is 6.18. The van der Waals surface area contributed by atoms with Gasteiger partial charge in [0.1, 0.15) is 0 Å². The number of rotatable bonds is 1. The number of nitrogens with one attached hydrogen (secondary N) is 1. The summed E-state index contributed by atoms with van der Waals surface area (Å²) in [5.74, 6) is 1.10. The molecule has 1 aliphatic heterocycles. The molecule has 3 atom stereocenters. The van der Waals surface area contributed by atoms with Crippen LogP contribution in [0.25, 0.3) is 0 Å². The third-order valence-corrected chi connectivity index (χ3v) is 4.96. The molecule has 2 aromatic carbocycles. The largest absolute Gasteiger partial charge is 0.378 e. The van der Waals surface area contributed by atoms with Crippen LogP contribution in [0, 0.1) is 12.8 Å². The summed E-state index contributed by atoms with van der Waals surface area (Å²) in [4.78, 5) is 0. The quantitative estimate of drug-likeness (QED) is 0.687. The van der Waals surface area contributed by atoms with E-state index in [0.29, 0.717) is 17.9 Å². The first-order valence-corrected chi connectivity index (χ1v) is 7.89. The predicted octanol–water partition coefficient (Wildman–Crippen LogP) is 5.47. The van der Waals surface area contributed by atoms with E-state index in [1.807, 2.05) is 12.1 Å². The van der Waals surface area contributed by atoms with Gasteiger partial charge in [0, 0.05) is 16.6 Å². The summed E-state index contributed by atoms with van der Waals surface area (Å²) in [7, 11) is 0. The average Bonchev–Trinajstić information content (AvgIpc) is 2.96. The van der Waals surface area contributed by atoms with Gasteiger partial charge in [0.05, 0.1) is 6.04 Å². The van der Waals surface area contributed by atoms with Gasteiger partial charge < -0.3 is 5.32 Å². The first-order chi connectivity index (χ1) is 10.2. The van der Waals surface area contributed by atoms with Crippen molar-refractivity contribution in [2.75, 3.05) is 5.32 Å². The van der Waals surface area contributed by atoms with E-state index in [4.69, 9.17) is 11.6 Å². The van der Waals surface area contributed by atoms with Gasteiger partial charge in [-0.1, -0.05) is 53.6 Å². The Kier molecular flexibility index (Phi) is 3.04. The number of anilines is 1. The molecule has 1 aliphatic carbocycles. The predicted molar refractivity (Wildman–Crippen MR) is 89.0 cm³/mol. The number of aryl methyl sites for hydroxylation is 1. The van der Waals surface area contributed by atoms with Crippen LogP contribution in [0.5, 0.6) is 0 Å². The lowest BCUT2D eigenvalue weighted by Gasteiger charge is -2.37. The molecule has 0 saturated carbocycles. The molecule has 0 aromatic heterocycles. The summed E-state index contributed by atoms with van der Waals surface area (Å²) in [5, 5.41) is 4.55. The minimum atomic E-state index is 0.332. The monoisotopic (exact) mass is 295 g/mol. The minimum Gasteiger partial charge on any atom is -0.378 e. The van der Waals surface area contributed by atoms with Crippen LogP contribution in [0.1, 0.15) is 35.1 Å². The maximum absolute atomic E-state index is 6.18. The van der Waals surface area contributed by atoms with Gasteiger partial charge in [-0.05, 0) is 48.6 Å². The molecule has 21 heavy (non-hydrogen) atoms. The van der Waals surface area contributed by atoms with Gasteiger partial charge in [-0.3, -0.25) is 0 Å². The molecule has 0 saturated heterocycles. The van der Waals surface area contributed by atoms with Gasteiger partial charge in [-0.15, -0.1) is 0 Å². The van der Waals surface area contributed by atoms with Crippen molar-refractivity contribution in [3.63, 3.8) is 0 Å². The van der Waals surface area contributed by atoms with Crippen molar-refractivity contribution < 1.29 is 0 Å². The molecule has 0 amide bonds. The number of halogens is 1. The Morgan fingerprint density at radius 1 is 1.14 bits per heavy atom. The van der Waals surface area contributed by atoms with Crippen LogP contribution in [0.15, 0.2) is 54.6 Å². The zero-order valence-electron chi connectivity index (χ0n) is 12.0. The van der Waals surface area contributed by atoms with Gasteiger partial charge in [-0.25, -0.2) is 0 Å². The third kappa shape index (κ3) is 2.16. The van der Waals surface area contributed by atoms with Crippen LogP contribution in [-0.4, -0.2) is 0 Å². The Bertz CT molecular complexity index is 719. The van der Waals surface area contributed by atoms with E-state index in [-0.39, 0.29) is 0 Å². The smallest absolute Gasteiger partial charge is 0.0554 e. The fourth-order valence-electron chi connectivity index (χ4n) is 3.74. The Morgan fingerprint density at radius 3 is 2.90 bits per heavy atom. The van der Waals surface area contributed by atoms with Crippen molar-refractivity contribution in [2.24, 2.45) is 5.92 Å². The summed E-state index contributed by atoms with van der Waals surface area (Å²) in [6.07, 6.45) is 5.83. The standard InChI is InChI=1S/C19H18ClN/c1-12-8-9-18-17(10-12)15-6-3-7-16(15)19(21-18)13-4-2-5-14(20)11-13/h2-6,8-11,15-16,19,21H,7H2,1H3/t15-,16+,19+/m1/s1. The fraction of sp³-hybridized carbons (Fsp3) is 0.263. The van der Waals surface area contributed by atoms with Gasteiger partial charge >= 0.3 is 0 Å². The molecule has 0 fully saturated rings. The molecule has 0 bridgehead atoms. The molecule has 0 radical (unpaired) electrons. The summed E-state index contributed by atoms with van der Waals surface area (Å²) in [6, 6.07) is 15.3. The number of fused-ring (bicyclic) bond motifs is 3. The molecule has 1 N–H and O–H groups in total. The zero-order valence-corrected chi connectivity index (χ0v) is 12.8. The summed E-state index contributed by atoms with van der Waals surface area (Å²) in [6.45, 7) is 2.16. The maximum Gasteiger partial charge on any atom is 0.0554 e. The van der Waals surface area contributed by atoms with Crippen molar-refractivity contribution in [2.45, 2.75) is 25.3 Å². The number of benzene rings is 2. The van der Waals surface area contributed by atoms with Crippen molar-refractivity contribution in [1.82, 2.24) is 0 Å². The summed E-state index contributed by atoms with van der Waals surface area (Å²) >= 11 is 6.18. The highest BCUT2D eigenvalue weighted by molar-refractivity contribution is 6.30. The van der Waals surface area contributed by atoms with Gasteiger partial charge in [0.25, 0.3) is 0 Å². The highest BCUT2D eigenvalue weighted by Crippen LogP contribution is 2.50. The highest BCUT2D eigenvalue weighted by Gasteiger charge is 2.37. The Labute approximate surface area is 130 Å². The average molecular weight is 296 g/mol. The number of hydrogen-bond donors (Lipinski definition) is 1. The van der Waals surface area contributed by atoms with E-state index in [1.165, 1.54) is 22.4 Å². The highest BCUT2D eigenvalue weighted by atomic mass is 35.5. The molecule has 2 aliphatic rings. The molecule has 4 rings (SSSR count). The molecule has 1 heterocycles. The molecular weight excluding hydrogens is 278 g/mol. The van der Waals surface area contributed by atoms with E-state index < -0.39 is 0 Å². The van der Waals surface area contributed by atoms with E-state index in [9.17, 15) is 0 Å². The van der Waals surface area contributed by atoms with Crippen molar-refractivity contribution in [3.05, 3.63) is 76.3 Å². The molecule has 0 spiro atoms. The molecule has 1 nitrogen and oxygen atoms in total. The summed E-state index contributed by atoms with van der Waals surface area (Å²) < 4.78 is 0. The van der Waals surface area contributed by atoms with E-state index >= 15 is 0 Å². The SMILES string of the molecule is Cc1ccc2c(c1)[C@@H]1C=CC[C@@H]1[C@H](c1cccc(Cl)c1)N2. The van der Waals surface area contributed by atoms with Crippen LogP contribution >= 0.6 is 11.6 Å². The molecule has 2 aromatic rings. The Hall–Kier alpha value is -1.73. The molecule has 0 unspecified atom stereocenters.